The highest BCUT2D eigenvalue weighted by Crippen LogP contribution is 2.41. The molecule has 2 aromatic rings. The smallest absolute Gasteiger partial charge is 0.337 e. The van der Waals surface area contributed by atoms with Crippen LogP contribution in [0.3, 0.4) is 0 Å². The van der Waals surface area contributed by atoms with Crippen LogP contribution in [0.4, 0.5) is 0 Å². The van der Waals surface area contributed by atoms with Crippen molar-refractivity contribution in [1.82, 2.24) is 0 Å². The van der Waals surface area contributed by atoms with Crippen molar-refractivity contribution in [1.29, 1.82) is 0 Å². The summed E-state index contributed by atoms with van der Waals surface area (Å²) < 4.78 is 4.64. The van der Waals surface area contributed by atoms with E-state index in [0.29, 0.717) is 11.1 Å². The van der Waals surface area contributed by atoms with Crippen molar-refractivity contribution in [3.8, 4) is 17.6 Å². The number of carbonyl (C=O) groups is 1. The Morgan fingerprint density at radius 1 is 1.15 bits per heavy atom. The Bertz CT molecular complexity index is 888. The zero-order valence-electron chi connectivity index (χ0n) is 16.6. The first-order valence-electron chi connectivity index (χ1n) is 9.11. The summed E-state index contributed by atoms with van der Waals surface area (Å²) in [5.74, 6) is 6.74. The second kappa shape index (κ2) is 9.01. The van der Waals surface area contributed by atoms with Crippen molar-refractivity contribution >= 4 is 17.7 Å². The number of fused-ring (bicyclic) bond motifs is 1. The van der Waals surface area contributed by atoms with E-state index in [1.54, 1.807) is 12.1 Å². The molecule has 1 aliphatic heterocycles. The highest BCUT2D eigenvalue weighted by molar-refractivity contribution is 7.99. The summed E-state index contributed by atoms with van der Waals surface area (Å²) in [5.41, 5.74) is 3.20. The van der Waals surface area contributed by atoms with Gasteiger partial charge in [-0.15, -0.1) is 11.8 Å². The summed E-state index contributed by atoms with van der Waals surface area (Å²) in [6.45, 7) is 8.53. The third kappa shape index (κ3) is 4.87. The third-order valence-corrected chi connectivity index (χ3v) is 5.53. The van der Waals surface area contributed by atoms with Crippen molar-refractivity contribution < 1.29 is 14.6 Å². The molecule has 0 aliphatic carbocycles. The molecule has 27 heavy (non-hydrogen) atoms. The molecule has 1 N–H and O–H groups in total. The van der Waals surface area contributed by atoms with Gasteiger partial charge in [-0.3, -0.25) is 0 Å². The number of aromatic hydroxyl groups is 1. The monoisotopic (exact) mass is 382 g/mol. The molecule has 1 heterocycles. The van der Waals surface area contributed by atoms with Gasteiger partial charge in [0, 0.05) is 10.5 Å². The van der Waals surface area contributed by atoms with Crippen molar-refractivity contribution in [3.05, 3.63) is 58.7 Å². The second-order valence-corrected chi connectivity index (χ2v) is 7.80. The molecule has 2 aromatic carbocycles. The fourth-order valence-corrected chi connectivity index (χ4v) is 4.32. The maximum atomic E-state index is 11.5. The third-order valence-electron chi connectivity index (χ3n) is 4.45. The first-order valence-corrected chi connectivity index (χ1v) is 10.1. The molecule has 0 aromatic heterocycles. The predicted molar refractivity (Wildman–Crippen MR) is 112 cm³/mol. The van der Waals surface area contributed by atoms with Crippen LogP contribution in [0.25, 0.3) is 0 Å². The molecule has 0 bridgehead atoms. The summed E-state index contributed by atoms with van der Waals surface area (Å²) in [5, 5.41) is 10.1. The highest BCUT2D eigenvalue weighted by Gasteiger charge is 2.27. The topological polar surface area (TPSA) is 46.5 Å². The van der Waals surface area contributed by atoms with Gasteiger partial charge >= 0.3 is 5.97 Å². The zero-order chi connectivity index (χ0) is 20.0. The van der Waals surface area contributed by atoms with Crippen LogP contribution in [0.15, 0.2) is 41.3 Å². The Morgan fingerprint density at radius 3 is 2.56 bits per heavy atom. The van der Waals surface area contributed by atoms with E-state index >= 15 is 0 Å². The fourth-order valence-electron chi connectivity index (χ4n) is 2.83. The Kier molecular flexibility index (Phi) is 6.98. The lowest BCUT2D eigenvalue weighted by Crippen LogP contribution is -2.22. The molecule has 3 nitrogen and oxygen atoms in total. The summed E-state index contributed by atoms with van der Waals surface area (Å²) >= 11 is 1.89. The summed E-state index contributed by atoms with van der Waals surface area (Å²) in [6.07, 6.45) is 1.15. The predicted octanol–water partition coefficient (Wildman–Crippen LogP) is 5.38. The Hall–Kier alpha value is -2.38. The standard InChI is InChI=1S/C21H20O3S.C2H6/c1-21(2)10-11-25-19-9-5-14(12-17(19)21)4-6-15-7-8-16(13-18(15)22)20(23)24-3;1-2/h5,7-9,12-13,22H,10-11H2,1-3H3;1-2H3. The molecule has 0 spiro atoms. The van der Waals surface area contributed by atoms with Gasteiger partial charge in [-0.05, 0) is 59.6 Å². The van der Waals surface area contributed by atoms with E-state index in [0.717, 1.165) is 17.7 Å². The van der Waals surface area contributed by atoms with Crippen LogP contribution in [-0.2, 0) is 10.2 Å². The number of phenolic OH excluding ortho intramolecular Hbond substituents is 1. The van der Waals surface area contributed by atoms with Crippen molar-refractivity contribution in [2.75, 3.05) is 12.9 Å². The minimum atomic E-state index is -0.482. The van der Waals surface area contributed by atoms with Gasteiger partial charge in [0.2, 0.25) is 0 Å². The number of methoxy groups -OCH3 is 1. The molecular formula is C23H26O3S. The minimum absolute atomic E-state index is 0.0238. The van der Waals surface area contributed by atoms with Crippen LogP contribution in [0.5, 0.6) is 5.75 Å². The Morgan fingerprint density at radius 2 is 1.89 bits per heavy atom. The molecular weight excluding hydrogens is 356 g/mol. The Labute approximate surface area is 166 Å². The van der Waals surface area contributed by atoms with E-state index in [1.807, 2.05) is 31.7 Å². The van der Waals surface area contributed by atoms with E-state index in [4.69, 9.17) is 0 Å². The minimum Gasteiger partial charge on any atom is -0.507 e. The van der Waals surface area contributed by atoms with E-state index in [2.05, 4.69) is 42.6 Å². The highest BCUT2D eigenvalue weighted by atomic mass is 32.2. The van der Waals surface area contributed by atoms with Gasteiger partial charge in [0.15, 0.2) is 0 Å². The van der Waals surface area contributed by atoms with Gasteiger partial charge in [0.25, 0.3) is 0 Å². The molecule has 1 aliphatic rings. The van der Waals surface area contributed by atoms with Gasteiger partial charge in [-0.25, -0.2) is 4.79 Å². The maximum absolute atomic E-state index is 11.5. The van der Waals surface area contributed by atoms with Crippen LogP contribution in [0, 0.1) is 11.8 Å². The van der Waals surface area contributed by atoms with Crippen LogP contribution >= 0.6 is 11.8 Å². The number of rotatable bonds is 1. The quantitative estimate of drug-likeness (QED) is 0.531. The number of carbonyl (C=O) groups excluding carboxylic acids is 1. The number of phenols is 1. The largest absolute Gasteiger partial charge is 0.507 e. The van der Waals surface area contributed by atoms with E-state index in [-0.39, 0.29) is 11.2 Å². The molecule has 0 saturated carbocycles. The average molecular weight is 383 g/mol. The number of thioether (sulfide) groups is 1. The van der Waals surface area contributed by atoms with Crippen molar-refractivity contribution in [3.63, 3.8) is 0 Å². The first-order chi connectivity index (χ1) is 12.9. The van der Waals surface area contributed by atoms with E-state index in [1.165, 1.54) is 23.6 Å². The van der Waals surface area contributed by atoms with Crippen molar-refractivity contribution in [2.45, 2.75) is 44.4 Å². The number of benzene rings is 2. The lowest BCUT2D eigenvalue weighted by Gasteiger charge is -2.32. The summed E-state index contributed by atoms with van der Waals surface area (Å²) in [4.78, 5) is 12.8. The number of esters is 1. The summed E-state index contributed by atoms with van der Waals surface area (Å²) in [7, 11) is 1.31. The number of ether oxygens (including phenoxy) is 1. The molecule has 0 saturated heterocycles. The molecule has 142 valence electrons. The normalized spacial score (nSPS) is 14.0. The van der Waals surface area contributed by atoms with Crippen LogP contribution in [0.2, 0.25) is 0 Å². The van der Waals surface area contributed by atoms with Crippen LogP contribution < -0.4 is 0 Å². The fraction of sp³-hybridized carbons (Fsp3) is 0.348. The number of hydrogen-bond acceptors (Lipinski definition) is 4. The molecule has 0 unspecified atom stereocenters. The van der Waals surface area contributed by atoms with Gasteiger partial charge in [-0.2, -0.15) is 0 Å². The van der Waals surface area contributed by atoms with Gasteiger partial charge < -0.3 is 9.84 Å². The molecule has 0 amide bonds. The molecule has 0 atom stereocenters. The van der Waals surface area contributed by atoms with E-state index in [9.17, 15) is 9.90 Å². The molecule has 0 fully saturated rings. The first kappa shape index (κ1) is 20.9. The molecule has 3 rings (SSSR count). The maximum Gasteiger partial charge on any atom is 0.337 e. The summed E-state index contributed by atoms with van der Waals surface area (Å²) in [6, 6.07) is 10.9. The average Bonchev–Trinajstić information content (AvgIpc) is 2.68. The van der Waals surface area contributed by atoms with Gasteiger partial charge in [0.05, 0.1) is 18.2 Å². The van der Waals surface area contributed by atoms with Gasteiger partial charge in [0.1, 0.15) is 5.75 Å². The van der Waals surface area contributed by atoms with Crippen LogP contribution in [0.1, 0.15) is 61.2 Å². The zero-order valence-corrected chi connectivity index (χ0v) is 17.4. The SMILES string of the molecule is CC.COC(=O)c1ccc(C#Cc2ccc3c(c2)C(C)(C)CCS3)c(O)c1. The van der Waals surface area contributed by atoms with Crippen molar-refractivity contribution in [2.24, 2.45) is 0 Å². The molecule has 0 radical (unpaired) electrons. The lowest BCUT2D eigenvalue weighted by molar-refractivity contribution is 0.0600. The second-order valence-electron chi connectivity index (χ2n) is 6.67. The van der Waals surface area contributed by atoms with E-state index < -0.39 is 5.97 Å². The van der Waals surface area contributed by atoms with Crippen LogP contribution in [-0.4, -0.2) is 23.9 Å². The lowest BCUT2D eigenvalue weighted by atomic mass is 9.81. The molecule has 4 heteroatoms. The Balaban J connectivity index is 0.00000126. The van der Waals surface area contributed by atoms with Gasteiger partial charge in [-0.1, -0.05) is 39.5 Å². The number of hydrogen-bond donors (Lipinski definition) is 1.